The molecule has 2 aromatic rings. The monoisotopic (exact) mass is 590 g/mol. The Balaban J connectivity index is 2.09. The van der Waals surface area contributed by atoms with Crippen LogP contribution in [0.25, 0.3) is 0 Å². The second-order valence-electron chi connectivity index (χ2n) is 12.1. The molecule has 2 N–H and O–H groups in total. The predicted molar refractivity (Wildman–Crippen MR) is 172 cm³/mol. The number of hydrogen-bond donors (Lipinski definition) is 2. The minimum atomic E-state index is -0.646. The fourth-order valence-electron chi connectivity index (χ4n) is 4.83. The van der Waals surface area contributed by atoms with Crippen LogP contribution < -0.4 is 5.32 Å². The van der Waals surface area contributed by atoms with Crippen molar-refractivity contribution in [1.29, 1.82) is 0 Å². The molecule has 0 radical (unpaired) electrons. The molecule has 7 nitrogen and oxygen atoms in total. The first-order valence-electron chi connectivity index (χ1n) is 15.2. The Morgan fingerprint density at radius 1 is 0.953 bits per heavy atom. The summed E-state index contributed by atoms with van der Waals surface area (Å²) in [6.07, 6.45) is 6.70. The second-order valence-corrected chi connectivity index (χ2v) is 12.1. The third-order valence-electron chi connectivity index (χ3n) is 7.56. The maximum absolute atomic E-state index is 13.5. The number of hydrogen-bond acceptors (Lipinski definition) is 5. The number of benzene rings is 2. The van der Waals surface area contributed by atoms with Gasteiger partial charge in [-0.2, -0.15) is 0 Å². The molecule has 0 aliphatic heterocycles. The van der Waals surface area contributed by atoms with Gasteiger partial charge in [0, 0.05) is 19.5 Å². The second kappa shape index (κ2) is 18.7. The number of aliphatic hydroxyl groups is 1. The molecule has 0 aliphatic rings. The number of carbonyl (C=O) groups excluding carboxylic acids is 3. The number of rotatable bonds is 19. The lowest BCUT2D eigenvalue weighted by atomic mass is 9.86. The first-order chi connectivity index (χ1) is 20.6. The van der Waals surface area contributed by atoms with Crippen molar-refractivity contribution in [3.8, 4) is 0 Å². The number of nitrogens with zero attached hydrogens (tertiary/aromatic N) is 1. The van der Waals surface area contributed by atoms with E-state index in [0.717, 1.165) is 24.0 Å². The Morgan fingerprint density at radius 3 is 2.14 bits per heavy atom. The number of amides is 2. The van der Waals surface area contributed by atoms with Gasteiger partial charge >= 0.3 is 5.97 Å². The van der Waals surface area contributed by atoms with Gasteiger partial charge in [0.2, 0.25) is 11.8 Å². The number of aliphatic hydroxyl groups excluding tert-OH is 1. The van der Waals surface area contributed by atoms with Gasteiger partial charge in [-0.05, 0) is 48.6 Å². The Morgan fingerprint density at radius 2 is 1.58 bits per heavy atom. The lowest BCUT2D eigenvalue weighted by Gasteiger charge is -2.33. The molecule has 0 aromatic heterocycles. The Labute approximate surface area is 258 Å². The van der Waals surface area contributed by atoms with E-state index in [0.29, 0.717) is 25.8 Å². The summed E-state index contributed by atoms with van der Waals surface area (Å²) in [5, 5.41) is 12.6. The molecular weight excluding hydrogens is 540 g/mol. The van der Waals surface area contributed by atoms with Gasteiger partial charge < -0.3 is 20.1 Å². The van der Waals surface area contributed by atoms with Crippen molar-refractivity contribution in [2.45, 2.75) is 71.9 Å². The maximum atomic E-state index is 13.5. The average Bonchev–Trinajstić information content (AvgIpc) is 2.98. The molecule has 0 bridgehead atoms. The fourth-order valence-corrected chi connectivity index (χ4v) is 4.83. The van der Waals surface area contributed by atoms with E-state index in [2.05, 4.69) is 18.5 Å². The number of esters is 1. The molecule has 7 heteroatoms. The Hall–Kier alpha value is -3.71. The lowest BCUT2D eigenvalue weighted by Crippen LogP contribution is -2.50. The van der Waals surface area contributed by atoms with Crippen LogP contribution in [-0.4, -0.2) is 53.6 Å². The normalized spacial score (nSPS) is 13.3. The van der Waals surface area contributed by atoms with Crippen molar-refractivity contribution in [3.05, 3.63) is 97.1 Å². The summed E-state index contributed by atoms with van der Waals surface area (Å²) in [5.41, 5.74) is 1.61. The van der Waals surface area contributed by atoms with E-state index in [-0.39, 0.29) is 49.9 Å². The Bertz CT molecular complexity index is 1140. The largest absolute Gasteiger partial charge is 0.463 e. The molecule has 0 unspecified atom stereocenters. The van der Waals surface area contributed by atoms with Gasteiger partial charge in [0.15, 0.2) is 0 Å². The van der Waals surface area contributed by atoms with Crippen molar-refractivity contribution in [2.75, 3.05) is 19.8 Å². The summed E-state index contributed by atoms with van der Waals surface area (Å²) in [6.45, 7) is 13.9. The molecule has 2 aromatic carbocycles. The van der Waals surface area contributed by atoms with Gasteiger partial charge in [0.25, 0.3) is 0 Å². The van der Waals surface area contributed by atoms with Gasteiger partial charge in [0.1, 0.15) is 6.61 Å². The highest BCUT2D eigenvalue weighted by Crippen LogP contribution is 2.23. The number of unbranched alkanes of at least 4 members (excludes halogenated alkanes) is 1. The first-order valence-corrected chi connectivity index (χ1v) is 15.2. The van der Waals surface area contributed by atoms with Gasteiger partial charge in [-0.1, -0.05) is 93.6 Å². The van der Waals surface area contributed by atoms with E-state index in [9.17, 15) is 19.5 Å². The molecule has 234 valence electrons. The van der Waals surface area contributed by atoms with Crippen LogP contribution in [-0.2, 0) is 32.1 Å². The summed E-state index contributed by atoms with van der Waals surface area (Å²) in [5.74, 6) is -1.74. The van der Waals surface area contributed by atoms with E-state index in [1.54, 1.807) is 11.0 Å². The third-order valence-corrected chi connectivity index (χ3v) is 7.56. The molecule has 0 aliphatic carbocycles. The van der Waals surface area contributed by atoms with Crippen LogP contribution in [0.2, 0.25) is 0 Å². The van der Waals surface area contributed by atoms with Crippen LogP contribution in [0.1, 0.15) is 64.0 Å². The molecular formula is C36H50N2O5. The summed E-state index contributed by atoms with van der Waals surface area (Å²) >= 11 is 0. The maximum Gasteiger partial charge on any atom is 0.309 e. The smallest absolute Gasteiger partial charge is 0.309 e. The zero-order chi connectivity index (χ0) is 31.7. The van der Waals surface area contributed by atoms with Crippen LogP contribution >= 0.6 is 0 Å². The van der Waals surface area contributed by atoms with Crippen molar-refractivity contribution in [3.63, 3.8) is 0 Å². The zero-order valence-corrected chi connectivity index (χ0v) is 26.2. The third kappa shape index (κ3) is 13.0. The fraction of sp³-hybridized carbons (Fsp3) is 0.472. The van der Waals surface area contributed by atoms with E-state index in [1.807, 2.05) is 87.5 Å². The van der Waals surface area contributed by atoms with E-state index in [1.165, 1.54) is 0 Å². The quantitative estimate of drug-likeness (QED) is 0.121. The molecule has 0 heterocycles. The predicted octanol–water partition coefficient (Wildman–Crippen LogP) is 5.88. The van der Waals surface area contributed by atoms with E-state index >= 15 is 0 Å². The molecule has 43 heavy (non-hydrogen) atoms. The SMILES string of the molecule is C=CCCC[C@H](Cc1ccccc1)C(=O)OC[C@@H](NC(=O)[C@@H](CC=C)CC(=O)N(CCO)Cc1ccccc1)C(C)(C)C. The van der Waals surface area contributed by atoms with Crippen molar-refractivity contribution in [1.82, 2.24) is 10.2 Å². The van der Waals surface area contributed by atoms with Gasteiger partial charge in [-0.15, -0.1) is 13.2 Å². The van der Waals surface area contributed by atoms with Crippen molar-refractivity contribution >= 4 is 17.8 Å². The van der Waals surface area contributed by atoms with Gasteiger partial charge in [-0.3, -0.25) is 14.4 Å². The summed E-state index contributed by atoms with van der Waals surface area (Å²) in [6, 6.07) is 19.0. The number of carbonyl (C=O) groups is 3. The Kier molecular flexibility index (Phi) is 15.5. The molecule has 0 saturated heterocycles. The van der Waals surface area contributed by atoms with Crippen molar-refractivity contribution < 1.29 is 24.2 Å². The first kappa shape index (κ1) is 35.5. The molecule has 0 fully saturated rings. The summed E-state index contributed by atoms with van der Waals surface area (Å²) in [7, 11) is 0. The standard InChI is InChI=1S/C36H50N2O5/c1-6-8-11-21-31(24-28-17-12-9-13-18-28)35(42)43-27-32(36(3,4)5)37-34(41)30(16-7-2)25-33(40)38(22-23-39)26-29-19-14-10-15-20-29/h6-7,9-10,12-15,17-20,30-32,39H,1-2,8,11,16,21-27H2,3-5H3,(H,37,41)/t30-,31+,32+/m0/s1. The molecule has 2 rings (SSSR count). The highest BCUT2D eigenvalue weighted by atomic mass is 16.5. The molecule has 0 saturated carbocycles. The minimum absolute atomic E-state index is 0.0240. The highest BCUT2D eigenvalue weighted by molar-refractivity contribution is 5.86. The van der Waals surface area contributed by atoms with Crippen LogP contribution in [0.15, 0.2) is 86.0 Å². The van der Waals surface area contributed by atoms with E-state index < -0.39 is 17.4 Å². The summed E-state index contributed by atoms with van der Waals surface area (Å²) < 4.78 is 5.85. The molecule has 3 atom stereocenters. The average molecular weight is 591 g/mol. The number of nitrogens with one attached hydrogen (secondary N) is 1. The van der Waals surface area contributed by atoms with E-state index in [4.69, 9.17) is 4.74 Å². The topological polar surface area (TPSA) is 95.9 Å². The van der Waals surface area contributed by atoms with Gasteiger partial charge in [-0.25, -0.2) is 0 Å². The van der Waals surface area contributed by atoms with Crippen molar-refractivity contribution in [2.24, 2.45) is 17.3 Å². The van der Waals surface area contributed by atoms with Crippen LogP contribution in [0.4, 0.5) is 0 Å². The zero-order valence-electron chi connectivity index (χ0n) is 26.2. The minimum Gasteiger partial charge on any atom is -0.463 e. The number of ether oxygens (including phenoxy) is 1. The lowest BCUT2D eigenvalue weighted by molar-refractivity contribution is -0.151. The molecule has 0 spiro atoms. The van der Waals surface area contributed by atoms with Crippen LogP contribution in [0.5, 0.6) is 0 Å². The molecule has 2 amide bonds. The highest BCUT2D eigenvalue weighted by Gasteiger charge is 2.32. The summed E-state index contributed by atoms with van der Waals surface area (Å²) in [4.78, 5) is 41.7. The number of allylic oxidation sites excluding steroid dienone is 2. The van der Waals surface area contributed by atoms with Gasteiger partial charge in [0.05, 0.1) is 24.5 Å². The van der Waals surface area contributed by atoms with Crippen LogP contribution in [0, 0.1) is 17.3 Å². The van der Waals surface area contributed by atoms with Crippen LogP contribution in [0.3, 0.4) is 0 Å².